The summed E-state index contributed by atoms with van der Waals surface area (Å²) in [5, 5.41) is 11.5. The Morgan fingerprint density at radius 2 is 1.93 bits per heavy atom. The fraction of sp³-hybridized carbons (Fsp3) is 0.412. The van der Waals surface area contributed by atoms with Crippen molar-refractivity contribution in [3.8, 4) is 0 Å². The third kappa shape index (κ3) is 4.23. The van der Waals surface area contributed by atoms with E-state index in [2.05, 4.69) is 9.97 Å². The van der Waals surface area contributed by atoms with E-state index in [1.807, 2.05) is 13.8 Å². The number of anilines is 1. The highest BCUT2D eigenvalue weighted by Gasteiger charge is 2.44. The molecule has 1 saturated carbocycles. The number of thioether (sulfide) groups is 1. The Morgan fingerprint density at radius 3 is 2.46 bits per heavy atom. The van der Waals surface area contributed by atoms with E-state index >= 15 is 0 Å². The van der Waals surface area contributed by atoms with Gasteiger partial charge in [0.15, 0.2) is 5.16 Å². The lowest BCUT2D eigenvalue weighted by molar-refractivity contribution is -0.384. The lowest BCUT2D eigenvalue weighted by atomic mass is 10.2. The van der Waals surface area contributed by atoms with Crippen LogP contribution in [0, 0.1) is 17.0 Å². The molecule has 1 fully saturated rings. The standard InChI is InChI=1S/C17H19ClN4O4S2/c1-3-10-27-17-19-15(18)14(22(23)24)16(20-17)21(12-6-7-12)28(25,26)13-8-4-11(2)5-9-13/h4-5,8-9,12H,3,6-7,10H2,1-2H3. The Morgan fingerprint density at radius 1 is 1.29 bits per heavy atom. The molecule has 1 aromatic carbocycles. The molecule has 2 aromatic rings. The van der Waals surface area contributed by atoms with Crippen LogP contribution in [-0.4, -0.2) is 35.1 Å². The number of nitrogens with zero attached hydrogens (tertiary/aromatic N) is 4. The lowest BCUT2D eigenvalue weighted by Crippen LogP contribution is -2.34. The van der Waals surface area contributed by atoms with Crippen molar-refractivity contribution in [2.45, 2.75) is 49.2 Å². The number of rotatable bonds is 8. The number of aromatic nitrogens is 2. The molecule has 1 heterocycles. The van der Waals surface area contributed by atoms with Gasteiger partial charge in [0, 0.05) is 11.8 Å². The van der Waals surface area contributed by atoms with Crippen LogP contribution in [0.1, 0.15) is 31.7 Å². The SMILES string of the molecule is CCCSc1nc(Cl)c([N+](=O)[O-])c(N(C2CC2)S(=O)(=O)c2ccc(C)cc2)n1. The molecule has 1 aromatic heterocycles. The smallest absolute Gasteiger partial charge is 0.258 e. The fourth-order valence-electron chi connectivity index (χ4n) is 2.58. The van der Waals surface area contributed by atoms with Crippen molar-refractivity contribution in [3.05, 3.63) is 45.1 Å². The largest absolute Gasteiger partial charge is 0.349 e. The topological polar surface area (TPSA) is 106 Å². The molecule has 0 bridgehead atoms. The Balaban J connectivity index is 2.17. The summed E-state index contributed by atoms with van der Waals surface area (Å²) in [4.78, 5) is 19.2. The molecule has 0 amide bonds. The van der Waals surface area contributed by atoms with Gasteiger partial charge in [-0.15, -0.1) is 0 Å². The van der Waals surface area contributed by atoms with E-state index in [4.69, 9.17) is 11.6 Å². The molecule has 0 radical (unpaired) electrons. The Hall–Kier alpha value is -1.91. The summed E-state index contributed by atoms with van der Waals surface area (Å²) in [6.45, 7) is 3.82. The predicted molar refractivity (Wildman–Crippen MR) is 109 cm³/mol. The van der Waals surface area contributed by atoms with E-state index in [1.165, 1.54) is 23.9 Å². The Labute approximate surface area is 172 Å². The quantitative estimate of drug-likeness (QED) is 0.198. The van der Waals surface area contributed by atoms with Crippen molar-refractivity contribution >= 4 is 44.9 Å². The summed E-state index contributed by atoms with van der Waals surface area (Å²) in [5.41, 5.74) is 0.316. The second-order valence-electron chi connectivity index (χ2n) is 6.42. The highest BCUT2D eigenvalue weighted by Crippen LogP contribution is 2.42. The van der Waals surface area contributed by atoms with Gasteiger partial charge >= 0.3 is 5.69 Å². The molecule has 0 atom stereocenters. The van der Waals surface area contributed by atoms with Gasteiger partial charge in [-0.3, -0.25) is 10.1 Å². The zero-order chi connectivity index (χ0) is 20.5. The summed E-state index contributed by atoms with van der Waals surface area (Å²) in [6, 6.07) is 5.95. The zero-order valence-electron chi connectivity index (χ0n) is 15.3. The number of hydrogen-bond acceptors (Lipinski definition) is 7. The summed E-state index contributed by atoms with van der Waals surface area (Å²) in [5.74, 6) is 0.411. The van der Waals surface area contributed by atoms with Crippen LogP contribution in [-0.2, 0) is 10.0 Å². The van der Waals surface area contributed by atoms with Gasteiger partial charge in [-0.1, -0.05) is 48.0 Å². The van der Waals surface area contributed by atoms with Gasteiger partial charge in [0.25, 0.3) is 10.0 Å². The van der Waals surface area contributed by atoms with Crippen molar-refractivity contribution in [2.75, 3.05) is 10.1 Å². The van der Waals surface area contributed by atoms with Crippen LogP contribution in [0.3, 0.4) is 0 Å². The van der Waals surface area contributed by atoms with E-state index in [0.717, 1.165) is 16.3 Å². The molecule has 0 N–H and O–H groups in total. The minimum atomic E-state index is -4.05. The second kappa shape index (κ2) is 8.22. The molecule has 28 heavy (non-hydrogen) atoms. The molecule has 8 nitrogen and oxygen atoms in total. The summed E-state index contributed by atoms with van der Waals surface area (Å²) >= 11 is 7.34. The Kier molecular flexibility index (Phi) is 6.11. The Bertz CT molecular complexity index is 995. The minimum absolute atomic E-state index is 0.0526. The first-order chi connectivity index (χ1) is 13.3. The first-order valence-corrected chi connectivity index (χ1v) is 11.5. The van der Waals surface area contributed by atoms with Gasteiger partial charge in [-0.2, -0.15) is 4.98 Å². The van der Waals surface area contributed by atoms with Crippen molar-refractivity contribution in [2.24, 2.45) is 0 Å². The van der Waals surface area contributed by atoms with E-state index in [1.54, 1.807) is 12.1 Å². The van der Waals surface area contributed by atoms with E-state index in [-0.39, 0.29) is 27.1 Å². The molecule has 0 unspecified atom stereocenters. The van der Waals surface area contributed by atoms with Crippen LogP contribution in [0.5, 0.6) is 0 Å². The zero-order valence-corrected chi connectivity index (χ0v) is 17.7. The van der Waals surface area contributed by atoms with Gasteiger partial charge in [0.05, 0.1) is 9.82 Å². The third-order valence-electron chi connectivity index (χ3n) is 4.09. The van der Waals surface area contributed by atoms with Crippen molar-refractivity contribution < 1.29 is 13.3 Å². The van der Waals surface area contributed by atoms with Crippen LogP contribution in [0.25, 0.3) is 0 Å². The van der Waals surface area contributed by atoms with Crippen LogP contribution >= 0.6 is 23.4 Å². The van der Waals surface area contributed by atoms with E-state index in [0.29, 0.717) is 18.6 Å². The highest BCUT2D eigenvalue weighted by molar-refractivity contribution is 7.99. The van der Waals surface area contributed by atoms with Crippen LogP contribution in [0.15, 0.2) is 34.3 Å². The molecule has 1 aliphatic carbocycles. The fourth-order valence-corrected chi connectivity index (χ4v) is 5.22. The molecule has 150 valence electrons. The maximum atomic E-state index is 13.3. The number of aryl methyl sites for hydroxylation is 1. The first kappa shape index (κ1) is 20.8. The maximum absolute atomic E-state index is 13.3. The predicted octanol–water partition coefficient (Wildman–Crippen LogP) is 4.21. The molecular weight excluding hydrogens is 424 g/mol. The number of benzene rings is 1. The average Bonchev–Trinajstić information content (AvgIpc) is 3.44. The molecular formula is C17H19ClN4O4S2. The summed E-state index contributed by atoms with van der Waals surface area (Å²) in [7, 11) is -4.05. The van der Waals surface area contributed by atoms with Gasteiger partial charge in [0.2, 0.25) is 11.0 Å². The van der Waals surface area contributed by atoms with Crippen molar-refractivity contribution in [1.29, 1.82) is 0 Å². The number of halogens is 1. The molecule has 0 aliphatic heterocycles. The number of nitro groups is 1. The summed E-state index contributed by atoms with van der Waals surface area (Å²) in [6.07, 6.45) is 2.04. The molecule has 11 heteroatoms. The van der Waals surface area contributed by atoms with Crippen LogP contribution in [0.2, 0.25) is 5.15 Å². The van der Waals surface area contributed by atoms with Gasteiger partial charge in [-0.25, -0.2) is 17.7 Å². The monoisotopic (exact) mass is 442 g/mol. The molecule has 0 saturated heterocycles. The maximum Gasteiger partial charge on any atom is 0.349 e. The van der Waals surface area contributed by atoms with Gasteiger partial charge in [-0.05, 0) is 38.3 Å². The highest BCUT2D eigenvalue weighted by atomic mass is 35.5. The second-order valence-corrected chi connectivity index (χ2v) is 9.65. The normalized spacial score (nSPS) is 14.1. The lowest BCUT2D eigenvalue weighted by Gasteiger charge is -2.23. The van der Waals surface area contributed by atoms with Crippen LogP contribution in [0.4, 0.5) is 11.5 Å². The van der Waals surface area contributed by atoms with Gasteiger partial charge < -0.3 is 0 Å². The molecule has 0 spiro atoms. The first-order valence-electron chi connectivity index (χ1n) is 8.71. The molecule has 3 rings (SSSR count). The minimum Gasteiger partial charge on any atom is -0.258 e. The number of hydrogen-bond donors (Lipinski definition) is 0. The van der Waals surface area contributed by atoms with Crippen LogP contribution < -0.4 is 4.31 Å². The summed E-state index contributed by atoms with van der Waals surface area (Å²) < 4.78 is 27.7. The average molecular weight is 443 g/mol. The van der Waals surface area contributed by atoms with E-state index < -0.39 is 20.6 Å². The van der Waals surface area contributed by atoms with E-state index in [9.17, 15) is 18.5 Å². The van der Waals surface area contributed by atoms with Crippen molar-refractivity contribution in [1.82, 2.24) is 9.97 Å². The van der Waals surface area contributed by atoms with Gasteiger partial charge in [0.1, 0.15) is 0 Å². The molecule has 1 aliphatic rings. The third-order valence-corrected chi connectivity index (χ3v) is 7.26. The number of sulfonamides is 1. The van der Waals surface area contributed by atoms with Crippen molar-refractivity contribution in [3.63, 3.8) is 0 Å².